The normalized spacial score (nSPS) is 32.8. The predicted octanol–water partition coefficient (Wildman–Crippen LogP) is 1.46. The first kappa shape index (κ1) is 21.2. The van der Waals surface area contributed by atoms with Crippen LogP contribution in [0.3, 0.4) is 0 Å². The number of benzene rings is 1. The van der Waals surface area contributed by atoms with Crippen LogP contribution >= 0.6 is 11.8 Å². The van der Waals surface area contributed by atoms with Crippen molar-refractivity contribution < 1.29 is 19.5 Å². The van der Waals surface area contributed by atoms with E-state index in [0.29, 0.717) is 6.42 Å². The maximum absolute atomic E-state index is 13.7. The predicted molar refractivity (Wildman–Crippen MR) is 116 cm³/mol. The van der Waals surface area contributed by atoms with E-state index in [1.54, 1.807) is 25.7 Å². The minimum atomic E-state index is -0.721. The van der Waals surface area contributed by atoms with E-state index in [1.165, 1.54) is 4.90 Å². The summed E-state index contributed by atoms with van der Waals surface area (Å²) >= 11 is 1.63. The number of nitrogens with one attached hydrogen (secondary N) is 2. The van der Waals surface area contributed by atoms with E-state index in [1.807, 2.05) is 32.0 Å². The Bertz CT molecular complexity index is 886. The van der Waals surface area contributed by atoms with Gasteiger partial charge in [0.25, 0.3) is 0 Å². The van der Waals surface area contributed by atoms with Gasteiger partial charge >= 0.3 is 0 Å². The number of anilines is 1. The highest BCUT2D eigenvalue weighted by Crippen LogP contribution is 2.66. The Labute approximate surface area is 181 Å². The van der Waals surface area contributed by atoms with Crippen LogP contribution in [0.4, 0.5) is 5.69 Å². The van der Waals surface area contributed by atoms with E-state index in [-0.39, 0.29) is 29.6 Å². The number of thioether (sulfide) groups is 1. The van der Waals surface area contributed by atoms with Gasteiger partial charge in [-0.3, -0.25) is 14.4 Å². The number of carbonyl (C=O) groups is 3. The van der Waals surface area contributed by atoms with Gasteiger partial charge in [-0.05, 0) is 44.7 Å². The van der Waals surface area contributed by atoms with Crippen molar-refractivity contribution in [2.45, 2.75) is 55.7 Å². The number of nitrogens with zero attached hydrogens (tertiary/aromatic N) is 1. The molecule has 3 saturated heterocycles. The van der Waals surface area contributed by atoms with Crippen LogP contribution in [0.25, 0.3) is 0 Å². The standard InChI is InChI=1S/C22H29N3O4S/c1-11-6-5-7-12(2)17(11)24-20(28)18-22-9-8-14(30-22)15(19(27)23-4)16(22)21(29)25(18)13(3)10-26/h5-7,13-16,18,26H,8-10H2,1-4H3,(H,23,27)(H,24,28)/t13-,14-,15+,16+,18?,22?/m1/s1. The Hall–Kier alpha value is -2.06. The van der Waals surface area contributed by atoms with E-state index in [2.05, 4.69) is 10.6 Å². The second-order valence-corrected chi connectivity index (χ2v) is 10.3. The summed E-state index contributed by atoms with van der Waals surface area (Å²) in [7, 11) is 1.59. The fraction of sp³-hybridized carbons (Fsp3) is 0.591. The molecule has 0 aromatic heterocycles. The van der Waals surface area contributed by atoms with Crippen molar-refractivity contribution in [3.63, 3.8) is 0 Å². The summed E-state index contributed by atoms with van der Waals surface area (Å²) in [6, 6.07) is 4.60. The number of fused-ring (bicyclic) bond motifs is 1. The summed E-state index contributed by atoms with van der Waals surface area (Å²) in [6.07, 6.45) is 1.52. The monoisotopic (exact) mass is 431 g/mol. The maximum Gasteiger partial charge on any atom is 0.248 e. The van der Waals surface area contributed by atoms with Crippen molar-refractivity contribution >= 4 is 35.2 Å². The molecule has 0 aliphatic carbocycles. The van der Waals surface area contributed by atoms with Crippen molar-refractivity contribution in [1.82, 2.24) is 10.2 Å². The van der Waals surface area contributed by atoms with E-state index < -0.39 is 28.7 Å². The molecule has 1 aromatic rings. The molecule has 3 aliphatic heterocycles. The summed E-state index contributed by atoms with van der Waals surface area (Å²) in [6.45, 7) is 5.39. The van der Waals surface area contributed by atoms with Crippen LogP contribution in [0, 0.1) is 25.7 Å². The van der Waals surface area contributed by atoms with Crippen LogP contribution in [0.5, 0.6) is 0 Å². The molecular weight excluding hydrogens is 402 g/mol. The molecule has 0 saturated carbocycles. The largest absolute Gasteiger partial charge is 0.394 e. The summed E-state index contributed by atoms with van der Waals surface area (Å²) < 4.78 is -0.636. The number of carbonyl (C=O) groups excluding carboxylic acids is 3. The van der Waals surface area contributed by atoms with Crippen LogP contribution in [0.2, 0.25) is 0 Å². The SMILES string of the molecule is CNC(=O)[C@@H]1[C@H]2C(=O)N([C@H](C)CO)C(C(=O)Nc3c(C)cccc3C)C23CC[C@H]1S3. The molecule has 2 unspecified atom stereocenters. The fourth-order valence-corrected chi connectivity index (χ4v) is 7.83. The Morgan fingerprint density at radius 2 is 1.97 bits per heavy atom. The van der Waals surface area contributed by atoms with Crippen LogP contribution < -0.4 is 10.6 Å². The molecule has 6 atom stereocenters. The zero-order valence-electron chi connectivity index (χ0n) is 17.8. The lowest BCUT2D eigenvalue weighted by Crippen LogP contribution is -2.54. The summed E-state index contributed by atoms with van der Waals surface area (Å²) in [5.74, 6) is -1.55. The van der Waals surface area contributed by atoms with E-state index >= 15 is 0 Å². The van der Waals surface area contributed by atoms with Gasteiger partial charge in [-0.1, -0.05) is 18.2 Å². The molecule has 0 radical (unpaired) electrons. The number of amides is 3. The van der Waals surface area contributed by atoms with Crippen LogP contribution in [0.15, 0.2) is 18.2 Å². The molecule has 1 aromatic carbocycles. The zero-order valence-corrected chi connectivity index (χ0v) is 18.6. The first-order valence-corrected chi connectivity index (χ1v) is 11.3. The molecule has 4 rings (SSSR count). The van der Waals surface area contributed by atoms with Gasteiger partial charge in [0.1, 0.15) is 6.04 Å². The number of para-hydroxylation sites is 1. The Balaban J connectivity index is 1.76. The van der Waals surface area contributed by atoms with Gasteiger partial charge in [0.15, 0.2) is 0 Å². The van der Waals surface area contributed by atoms with Crippen LogP contribution in [-0.2, 0) is 14.4 Å². The van der Waals surface area contributed by atoms with Gasteiger partial charge in [-0.2, -0.15) is 0 Å². The number of hydrogen-bond acceptors (Lipinski definition) is 5. The minimum Gasteiger partial charge on any atom is -0.394 e. The van der Waals surface area contributed by atoms with Crippen molar-refractivity contribution in [2.75, 3.05) is 19.0 Å². The van der Waals surface area contributed by atoms with E-state index in [4.69, 9.17) is 0 Å². The van der Waals surface area contributed by atoms with E-state index in [9.17, 15) is 19.5 Å². The highest BCUT2D eigenvalue weighted by molar-refractivity contribution is 8.02. The lowest BCUT2D eigenvalue weighted by atomic mass is 9.70. The van der Waals surface area contributed by atoms with Crippen LogP contribution in [0.1, 0.15) is 30.9 Å². The first-order valence-electron chi connectivity index (χ1n) is 10.5. The Kier molecular flexibility index (Phi) is 5.34. The molecule has 7 nitrogen and oxygen atoms in total. The summed E-state index contributed by atoms with van der Waals surface area (Å²) in [5, 5.41) is 15.6. The van der Waals surface area contributed by atoms with Gasteiger partial charge in [0.2, 0.25) is 17.7 Å². The third-order valence-corrected chi connectivity index (χ3v) is 8.96. The average Bonchev–Trinajstić information content (AvgIpc) is 3.37. The number of rotatable bonds is 5. The Morgan fingerprint density at radius 3 is 2.57 bits per heavy atom. The zero-order chi connectivity index (χ0) is 21.8. The Morgan fingerprint density at radius 1 is 1.30 bits per heavy atom. The highest BCUT2D eigenvalue weighted by atomic mass is 32.2. The average molecular weight is 432 g/mol. The number of hydrogen-bond donors (Lipinski definition) is 3. The molecule has 8 heteroatoms. The lowest BCUT2D eigenvalue weighted by molar-refractivity contribution is -0.141. The second kappa shape index (κ2) is 7.57. The number of aryl methyl sites for hydroxylation is 2. The molecule has 3 amide bonds. The molecule has 30 heavy (non-hydrogen) atoms. The highest BCUT2D eigenvalue weighted by Gasteiger charge is 2.73. The molecule has 1 spiro atoms. The van der Waals surface area contributed by atoms with Gasteiger partial charge in [-0.15, -0.1) is 11.8 Å². The first-order chi connectivity index (χ1) is 14.3. The molecule has 162 valence electrons. The number of aliphatic hydroxyl groups is 1. The van der Waals surface area contributed by atoms with Gasteiger partial charge < -0.3 is 20.6 Å². The smallest absolute Gasteiger partial charge is 0.248 e. The molecular formula is C22H29N3O4S. The third-order valence-electron chi connectivity index (χ3n) is 7.00. The molecule has 2 bridgehead atoms. The van der Waals surface area contributed by atoms with Crippen LogP contribution in [-0.4, -0.2) is 63.5 Å². The topological polar surface area (TPSA) is 98.7 Å². The minimum absolute atomic E-state index is 0.0426. The van der Waals surface area contributed by atoms with Gasteiger partial charge in [-0.25, -0.2) is 0 Å². The third kappa shape index (κ3) is 2.87. The van der Waals surface area contributed by atoms with Crippen molar-refractivity contribution in [3.8, 4) is 0 Å². The number of likely N-dealkylation sites (tertiary alicyclic amines) is 1. The molecule has 3 fully saturated rings. The summed E-state index contributed by atoms with van der Waals surface area (Å²) in [5.41, 5.74) is 2.66. The number of aliphatic hydroxyl groups excluding tert-OH is 1. The fourth-order valence-electron chi connectivity index (χ4n) is 5.62. The van der Waals surface area contributed by atoms with Gasteiger partial charge in [0, 0.05) is 18.0 Å². The lowest BCUT2D eigenvalue weighted by Gasteiger charge is -2.36. The summed E-state index contributed by atoms with van der Waals surface area (Å²) in [4.78, 5) is 41.4. The molecule has 3 N–H and O–H groups in total. The quantitative estimate of drug-likeness (QED) is 0.656. The van der Waals surface area contributed by atoms with Crippen molar-refractivity contribution in [1.29, 1.82) is 0 Å². The van der Waals surface area contributed by atoms with Crippen molar-refractivity contribution in [2.24, 2.45) is 11.8 Å². The second-order valence-electron chi connectivity index (χ2n) is 8.70. The molecule has 3 heterocycles. The van der Waals surface area contributed by atoms with E-state index in [0.717, 1.165) is 23.2 Å². The maximum atomic E-state index is 13.7. The molecule has 3 aliphatic rings. The van der Waals surface area contributed by atoms with Gasteiger partial charge in [0.05, 0.1) is 29.2 Å². The van der Waals surface area contributed by atoms with Crippen molar-refractivity contribution in [3.05, 3.63) is 29.3 Å².